The van der Waals surface area contributed by atoms with Crippen molar-refractivity contribution in [3.8, 4) is 11.5 Å². The standard InChI is InChI=1S/C18H21NO2/c1-3-19-12-16(10-14-6-4-5-13(2)9-14)21-18-11-15(20)7-8-17(18)19/h4-9,11,16,20H,3,10,12H2,1-2H3. The molecule has 0 aliphatic carbocycles. The molecule has 3 nitrogen and oxygen atoms in total. The summed E-state index contributed by atoms with van der Waals surface area (Å²) in [6.45, 7) is 6.07. The Balaban J connectivity index is 1.83. The van der Waals surface area contributed by atoms with E-state index < -0.39 is 0 Å². The molecule has 1 aliphatic rings. The first-order valence-corrected chi connectivity index (χ1v) is 7.46. The second kappa shape index (κ2) is 5.68. The molecule has 3 heteroatoms. The zero-order chi connectivity index (χ0) is 14.8. The lowest BCUT2D eigenvalue weighted by Gasteiger charge is -2.35. The number of fused-ring (bicyclic) bond motifs is 1. The molecule has 0 saturated heterocycles. The molecule has 0 bridgehead atoms. The molecule has 1 unspecified atom stereocenters. The van der Waals surface area contributed by atoms with Crippen LogP contribution in [-0.4, -0.2) is 24.3 Å². The Bertz CT molecular complexity index is 639. The minimum Gasteiger partial charge on any atom is -0.508 e. The maximum Gasteiger partial charge on any atom is 0.146 e. The maximum absolute atomic E-state index is 9.66. The SMILES string of the molecule is CCN1CC(Cc2cccc(C)c2)Oc2cc(O)ccc21. The lowest BCUT2D eigenvalue weighted by Crippen LogP contribution is -2.41. The summed E-state index contributed by atoms with van der Waals surface area (Å²) in [5, 5.41) is 9.66. The van der Waals surface area contributed by atoms with E-state index in [0.29, 0.717) is 0 Å². The predicted molar refractivity (Wildman–Crippen MR) is 85.3 cm³/mol. The molecule has 0 fully saturated rings. The quantitative estimate of drug-likeness (QED) is 0.935. The summed E-state index contributed by atoms with van der Waals surface area (Å²) in [6, 6.07) is 13.9. The van der Waals surface area contributed by atoms with Gasteiger partial charge in [-0.3, -0.25) is 0 Å². The van der Waals surface area contributed by atoms with Crippen LogP contribution in [0.3, 0.4) is 0 Å². The second-order valence-corrected chi connectivity index (χ2v) is 5.62. The first-order valence-electron chi connectivity index (χ1n) is 7.46. The zero-order valence-electron chi connectivity index (χ0n) is 12.5. The van der Waals surface area contributed by atoms with E-state index in [4.69, 9.17) is 4.74 Å². The highest BCUT2D eigenvalue weighted by molar-refractivity contribution is 5.62. The molecule has 2 aromatic carbocycles. The summed E-state index contributed by atoms with van der Waals surface area (Å²) in [5.74, 6) is 1.03. The van der Waals surface area contributed by atoms with Crippen LogP contribution < -0.4 is 9.64 Å². The van der Waals surface area contributed by atoms with Crippen molar-refractivity contribution >= 4 is 5.69 Å². The predicted octanol–water partition coefficient (Wildman–Crippen LogP) is 3.53. The van der Waals surface area contributed by atoms with Gasteiger partial charge in [-0.25, -0.2) is 0 Å². The molecule has 1 aliphatic heterocycles. The van der Waals surface area contributed by atoms with Crippen LogP contribution in [-0.2, 0) is 6.42 Å². The average molecular weight is 283 g/mol. The number of nitrogens with zero attached hydrogens (tertiary/aromatic N) is 1. The first kappa shape index (κ1) is 13.8. The number of ether oxygens (including phenoxy) is 1. The molecule has 1 atom stereocenters. The fourth-order valence-electron chi connectivity index (χ4n) is 2.93. The van der Waals surface area contributed by atoms with Crippen molar-refractivity contribution in [2.45, 2.75) is 26.4 Å². The third kappa shape index (κ3) is 2.97. The van der Waals surface area contributed by atoms with Crippen molar-refractivity contribution in [1.82, 2.24) is 0 Å². The summed E-state index contributed by atoms with van der Waals surface area (Å²) < 4.78 is 6.09. The monoisotopic (exact) mass is 283 g/mol. The molecule has 0 spiro atoms. The van der Waals surface area contributed by atoms with Crippen LogP contribution in [0.1, 0.15) is 18.1 Å². The third-order valence-electron chi connectivity index (χ3n) is 3.93. The van der Waals surface area contributed by atoms with Gasteiger partial charge < -0.3 is 14.7 Å². The summed E-state index contributed by atoms with van der Waals surface area (Å²) >= 11 is 0. The number of phenols is 1. The molecule has 21 heavy (non-hydrogen) atoms. The summed E-state index contributed by atoms with van der Waals surface area (Å²) in [4.78, 5) is 2.30. The van der Waals surface area contributed by atoms with Crippen LogP contribution in [0.2, 0.25) is 0 Å². The Morgan fingerprint density at radius 2 is 2.10 bits per heavy atom. The van der Waals surface area contributed by atoms with Gasteiger partial charge in [-0.2, -0.15) is 0 Å². The number of hydrogen-bond acceptors (Lipinski definition) is 3. The topological polar surface area (TPSA) is 32.7 Å². The van der Waals surface area contributed by atoms with Crippen molar-refractivity contribution < 1.29 is 9.84 Å². The lowest BCUT2D eigenvalue weighted by molar-refractivity contribution is 0.193. The number of phenolic OH excluding ortho intramolecular Hbond substituents is 1. The minimum atomic E-state index is 0.112. The molecule has 3 rings (SSSR count). The van der Waals surface area contributed by atoms with E-state index in [2.05, 4.69) is 43.0 Å². The molecular weight excluding hydrogens is 262 g/mol. The average Bonchev–Trinajstić information content (AvgIpc) is 2.46. The fraction of sp³-hybridized carbons (Fsp3) is 0.333. The van der Waals surface area contributed by atoms with E-state index in [1.54, 1.807) is 12.1 Å². The molecule has 2 aromatic rings. The lowest BCUT2D eigenvalue weighted by atomic mass is 10.0. The van der Waals surface area contributed by atoms with Gasteiger partial charge in [0.2, 0.25) is 0 Å². The van der Waals surface area contributed by atoms with Gasteiger partial charge in [-0.1, -0.05) is 29.8 Å². The van der Waals surface area contributed by atoms with E-state index in [1.807, 2.05) is 6.07 Å². The van der Waals surface area contributed by atoms with Gasteiger partial charge in [0.1, 0.15) is 17.6 Å². The highest BCUT2D eigenvalue weighted by Crippen LogP contribution is 2.36. The number of aryl methyl sites for hydroxylation is 1. The largest absolute Gasteiger partial charge is 0.508 e. The van der Waals surface area contributed by atoms with Gasteiger partial charge in [0.15, 0.2) is 0 Å². The Morgan fingerprint density at radius 3 is 2.86 bits per heavy atom. The Hall–Kier alpha value is -2.16. The summed E-state index contributed by atoms with van der Waals surface area (Å²) in [5.41, 5.74) is 3.63. The Morgan fingerprint density at radius 1 is 1.24 bits per heavy atom. The molecule has 0 radical (unpaired) electrons. The first-order chi connectivity index (χ1) is 10.2. The third-order valence-corrected chi connectivity index (χ3v) is 3.93. The fourth-order valence-corrected chi connectivity index (χ4v) is 2.93. The minimum absolute atomic E-state index is 0.112. The molecule has 0 saturated carbocycles. The highest BCUT2D eigenvalue weighted by Gasteiger charge is 2.25. The van der Waals surface area contributed by atoms with E-state index in [0.717, 1.165) is 30.9 Å². The zero-order valence-corrected chi connectivity index (χ0v) is 12.5. The second-order valence-electron chi connectivity index (χ2n) is 5.62. The molecule has 0 aromatic heterocycles. The van der Waals surface area contributed by atoms with E-state index in [9.17, 15) is 5.11 Å². The van der Waals surface area contributed by atoms with Gasteiger partial charge in [0.05, 0.1) is 12.2 Å². The van der Waals surface area contributed by atoms with Crippen LogP contribution in [0, 0.1) is 6.92 Å². The smallest absolute Gasteiger partial charge is 0.146 e. The summed E-state index contributed by atoms with van der Waals surface area (Å²) in [7, 11) is 0. The van der Waals surface area contributed by atoms with E-state index in [1.165, 1.54) is 11.1 Å². The van der Waals surface area contributed by atoms with Crippen LogP contribution in [0.25, 0.3) is 0 Å². The van der Waals surface area contributed by atoms with E-state index >= 15 is 0 Å². The maximum atomic E-state index is 9.66. The normalized spacial score (nSPS) is 17.2. The molecule has 1 N–H and O–H groups in total. The molecule has 1 heterocycles. The molecule has 110 valence electrons. The van der Waals surface area contributed by atoms with Crippen LogP contribution in [0.4, 0.5) is 5.69 Å². The van der Waals surface area contributed by atoms with Gasteiger partial charge >= 0.3 is 0 Å². The number of anilines is 1. The van der Waals surface area contributed by atoms with Crippen molar-refractivity contribution in [3.05, 3.63) is 53.6 Å². The molecular formula is C18H21NO2. The van der Waals surface area contributed by atoms with E-state index in [-0.39, 0.29) is 11.9 Å². The number of likely N-dealkylation sites (N-methyl/N-ethyl adjacent to an activating group) is 1. The van der Waals surface area contributed by atoms with Gasteiger partial charge in [0, 0.05) is 19.0 Å². The van der Waals surface area contributed by atoms with Crippen molar-refractivity contribution in [3.63, 3.8) is 0 Å². The summed E-state index contributed by atoms with van der Waals surface area (Å²) in [6.07, 6.45) is 0.994. The Labute approximate surface area is 125 Å². The van der Waals surface area contributed by atoms with Crippen LogP contribution >= 0.6 is 0 Å². The molecule has 0 amide bonds. The van der Waals surface area contributed by atoms with Gasteiger partial charge in [-0.15, -0.1) is 0 Å². The van der Waals surface area contributed by atoms with Crippen molar-refractivity contribution in [2.24, 2.45) is 0 Å². The van der Waals surface area contributed by atoms with Crippen molar-refractivity contribution in [1.29, 1.82) is 0 Å². The highest BCUT2D eigenvalue weighted by atomic mass is 16.5. The number of aromatic hydroxyl groups is 1. The van der Waals surface area contributed by atoms with Gasteiger partial charge in [0.25, 0.3) is 0 Å². The number of hydrogen-bond donors (Lipinski definition) is 1. The van der Waals surface area contributed by atoms with Crippen LogP contribution in [0.15, 0.2) is 42.5 Å². The van der Waals surface area contributed by atoms with Crippen LogP contribution in [0.5, 0.6) is 11.5 Å². The Kier molecular flexibility index (Phi) is 3.74. The van der Waals surface area contributed by atoms with Crippen molar-refractivity contribution in [2.75, 3.05) is 18.0 Å². The number of benzene rings is 2. The number of rotatable bonds is 3. The van der Waals surface area contributed by atoms with Gasteiger partial charge in [-0.05, 0) is 31.5 Å².